The summed E-state index contributed by atoms with van der Waals surface area (Å²) >= 11 is 3.53. The lowest BCUT2D eigenvalue weighted by molar-refractivity contribution is 0.575. The van der Waals surface area contributed by atoms with Crippen LogP contribution in [0.1, 0.15) is 6.42 Å². The number of aromatic nitrogens is 1. The molecule has 1 aliphatic heterocycles. The first-order valence-corrected chi connectivity index (χ1v) is 6.09. The summed E-state index contributed by atoms with van der Waals surface area (Å²) in [6, 6.07) is 3.98. The van der Waals surface area contributed by atoms with Gasteiger partial charge in [0.1, 0.15) is 5.82 Å². The lowest BCUT2D eigenvalue weighted by Crippen LogP contribution is -2.27. The van der Waals surface area contributed by atoms with Crippen molar-refractivity contribution in [2.75, 3.05) is 31.6 Å². The van der Waals surface area contributed by atoms with Crippen molar-refractivity contribution in [1.29, 1.82) is 0 Å². The molecule has 1 saturated heterocycles. The Morgan fingerprint density at radius 3 is 3.20 bits per heavy atom. The van der Waals surface area contributed by atoms with Crippen molar-refractivity contribution >= 4 is 21.7 Å². The molecule has 0 spiro atoms. The molecule has 2 heterocycles. The van der Waals surface area contributed by atoms with Gasteiger partial charge in [-0.2, -0.15) is 0 Å². The van der Waals surface area contributed by atoms with E-state index in [0.29, 0.717) is 0 Å². The van der Waals surface area contributed by atoms with Crippen molar-refractivity contribution in [3.05, 3.63) is 22.8 Å². The summed E-state index contributed by atoms with van der Waals surface area (Å²) in [6.45, 7) is 3.36. The molecule has 1 unspecified atom stereocenters. The molecule has 0 amide bonds. The van der Waals surface area contributed by atoms with E-state index in [1.807, 2.05) is 18.3 Å². The Hall–Kier alpha value is -0.610. The minimum Gasteiger partial charge on any atom is -0.358 e. The van der Waals surface area contributed by atoms with Gasteiger partial charge in [-0.3, -0.25) is 0 Å². The van der Waals surface area contributed by atoms with Crippen molar-refractivity contribution in [3.63, 3.8) is 0 Å². The molecule has 3 nitrogen and oxygen atoms in total. The molecule has 1 aromatic heterocycles. The molecule has 1 aliphatic rings. The fourth-order valence-electron chi connectivity index (χ4n) is 2.00. The normalized spacial score (nSPS) is 20.5. The summed E-state index contributed by atoms with van der Waals surface area (Å²) in [4.78, 5) is 6.60. The molecule has 0 saturated carbocycles. The molecule has 82 valence electrons. The Labute approximate surface area is 99.0 Å². The van der Waals surface area contributed by atoms with Crippen LogP contribution in [0.4, 0.5) is 5.82 Å². The summed E-state index contributed by atoms with van der Waals surface area (Å²) in [7, 11) is 2.10. The number of halogens is 1. The van der Waals surface area contributed by atoms with Gasteiger partial charge in [0.2, 0.25) is 0 Å². The monoisotopic (exact) mass is 269 g/mol. The Morgan fingerprint density at radius 1 is 1.67 bits per heavy atom. The average molecular weight is 270 g/mol. The van der Waals surface area contributed by atoms with E-state index in [1.54, 1.807) is 0 Å². The summed E-state index contributed by atoms with van der Waals surface area (Å²) in [6.07, 6.45) is 3.11. The maximum atomic E-state index is 4.38. The molecule has 1 fully saturated rings. The van der Waals surface area contributed by atoms with Gasteiger partial charge in [-0.15, -0.1) is 0 Å². The first kappa shape index (κ1) is 10.9. The van der Waals surface area contributed by atoms with Crippen molar-refractivity contribution in [2.45, 2.75) is 6.42 Å². The van der Waals surface area contributed by atoms with Crippen LogP contribution in [0.25, 0.3) is 0 Å². The minimum absolute atomic E-state index is 0.754. The van der Waals surface area contributed by atoms with E-state index < -0.39 is 0 Å². The predicted octanol–water partition coefficient (Wildman–Crippen LogP) is 1.89. The highest BCUT2D eigenvalue weighted by Gasteiger charge is 2.17. The van der Waals surface area contributed by atoms with Crippen LogP contribution in [-0.2, 0) is 0 Å². The number of hydrogen-bond donors (Lipinski definition) is 1. The predicted molar refractivity (Wildman–Crippen MR) is 66.2 cm³/mol. The second-order valence-electron chi connectivity index (χ2n) is 4.05. The van der Waals surface area contributed by atoms with Crippen LogP contribution in [0.2, 0.25) is 0 Å². The van der Waals surface area contributed by atoms with Crippen molar-refractivity contribution < 1.29 is 0 Å². The molecule has 15 heavy (non-hydrogen) atoms. The van der Waals surface area contributed by atoms with E-state index in [2.05, 4.69) is 38.2 Å². The van der Waals surface area contributed by atoms with Gasteiger partial charge in [-0.25, -0.2) is 4.98 Å². The first-order chi connectivity index (χ1) is 7.27. The van der Waals surface area contributed by atoms with Crippen LogP contribution in [0.5, 0.6) is 0 Å². The first-order valence-electron chi connectivity index (χ1n) is 5.30. The number of nitrogens with zero attached hydrogens (tertiary/aromatic N) is 2. The zero-order chi connectivity index (χ0) is 10.7. The molecule has 0 aliphatic carbocycles. The minimum atomic E-state index is 0.754. The van der Waals surface area contributed by atoms with Gasteiger partial charge in [0.15, 0.2) is 0 Å². The van der Waals surface area contributed by atoms with Crippen LogP contribution in [-0.4, -0.2) is 31.7 Å². The van der Waals surface area contributed by atoms with Crippen LogP contribution in [0.15, 0.2) is 22.8 Å². The van der Waals surface area contributed by atoms with E-state index in [9.17, 15) is 0 Å². The lowest BCUT2D eigenvalue weighted by atomic mass is 10.1. The van der Waals surface area contributed by atoms with E-state index in [4.69, 9.17) is 0 Å². The molecular formula is C11H16BrN3. The van der Waals surface area contributed by atoms with Gasteiger partial charge in [0, 0.05) is 19.8 Å². The summed E-state index contributed by atoms with van der Waals surface area (Å²) in [5.41, 5.74) is 0. The highest BCUT2D eigenvalue weighted by molar-refractivity contribution is 9.10. The SMILES string of the molecule is CN(CC1CCNC1)c1ncccc1Br. The maximum Gasteiger partial charge on any atom is 0.142 e. The van der Waals surface area contributed by atoms with E-state index in [-0.39, 0.29) is 0 Å². The average Bonchev–Trinajstić information content (AvgIpc) is 2.71. The molecule has 2 rings (SSSR count). The Bertz CT molecular complexity index is 323. The summed E-state index contributed by atoms with van der Waals surface area (Å²) in [5.74, 6) is 1.79. The van der Waals surface area contributed by atoms with Gasteiger partial charge >= 0.3 is 0 Å². The van der Waals surface area contributed by atoms with Crippen LogP contribution in [0, 0.1) is 5.92 Å². The van der Waals surface area contributed by atoms with E-state index in [0.717, 1.165) is 35.8 Å². The van der Waals surface area contributed by atoms with Gasteiger partial charge < -0.3 is 10.2 Å². The summed E-state index contributed by atoms with van der Waals surface area (Å²) < 4.78 is 1.07. The van der Waals surface area contributed by atoms with Gasteiger partial charge in [0.25, 0.3) is 0 Å². The maximum absolute atomic E-state index is 4.38. The second-order valence-corrected chi connectivity index (χ2v) is 4.90. The topological polar surface area (TPSA) is 28.2 Å². The number of anilines is 1. The Kier molecular flexibility index (Phi) is 3.59. The Balaban J connectivity index is 2.00. The number of pyridine rings is 1. The van der Waals surface area contributed by atoms with Crippen molar-refractivity contribution in [2.24, 2.45) is 5.92 Å². The number of nitrogens with one attached hydrogen (secondary N) is 1. The largest absolute Gasteiger partial charge is 0.358 e. The van der Waals surface area contributed by atoms with E-state index >= 15 is 0 Å². The lowest BCUT2D eigenvalue weighted by Gasteiger charge is -2.22. The Morgan fingerprint density at radius 2 is 2.53 bits per heavy atom. The van der Waals surface area contributed by atoms with Gasteiger partial charge in [0.05, 0.1) is 4.47 Å². The zero-order valence-corrected chi connectivity index (χ0v) is 10.5. The molecule has 0 radical (unpaired) electrons. The zero-order valence-electron chi connectivity index (χ0n) is 8.91. The smallest absolute Gasteiger partial charge is 0.142 e. The van der Waals surface area contributed by atoms with Crippen molar-refractivity contribution in [1.82, 2.24) is 10.3 Å². The third kappa shape index (κ3) is 2.69. The molecular weight excluding hydrogens is 254 g/mol. The van der Waals surface area contributed by atoms with Gasteiger partial charge in [-0.1, -0.05) is 0 Å². The third-order valence-corrected chi connectivity index (χ3v) is 3.41. The number of hydrogen-bond acceptors (Lipinski definition) is 3. The molecule has 0 aromatic carbocycles. The van der Waals surface area contributed by atoms with Gasteiger partial charge in [-0.05, 0) is 53.5 Å². The molecule has 1 N–H and O–H groups in total. The fourth-order valence-corrected chi connectivity index (χ4v) is 2.56. The molecule has 4 heteroatoms. The highest BCUT2D eigenvalue weighted by atomic mass is 79.9. The molecule has 1 aromatic rings. The molecule has 1 atom stereocenters. The fraction of sp³-hybridized carbons (Fsp3) is 0.545. The standard InChI is InChI=1S/C11H16BrN3/c1-15(8-9-4-6-13-7-9)11-10(12)3-2-5-14-11/h2-3,5,9,13H,4,6-8H2,1H3. The van der Waals surface area contributed by atoms with Crippen molar-refractivity contribution in [3.8, 4) is 0 Å². The van der Waals surface area contributed by atoms with Crippen LogP contribution < -0.4 is 10.2 Å². The third-order valence-electron chi connectivity index (χ3n) is 2.80. The second kappa shape index (κ2) is 4.94. The van der Waals surface area contributed by atoms with Crippen LogP contribution >= 0.6 is 15.9 Å². The highest BCUT2D eigenvalue weighted by Crippen LogP contribution is 2.23. The molecule has 0 bridgehead atoms. The number of rotatable bonds is 3. The van der Waals surface area contributed by atoms with E-state index in [1.165, 1.54) is 6.42 Å². The quantitative estimate of drug-likeness (QED) is 0.909. The van der Waals surface area contributed by atoms with Crippen LogP contribution in [0.3, 0.4) is 0 Å². The summed E-state index contributed by atoms with van der Waals surface area (Å²) in [5, 5.41) is 3.38.